The van der Waals surface area contributed by atoms with Gasteiger partial charge < -0.3 is 9.84 Å². The highest BCUT2D eigenvalue weighted by molar-refractivity contribution is 7.17. The molecule has 0 saturated carbocycles. The number of aryl methyl sites for hydroxylation is 3. The average Bonchev–Trinajstić information content (AvgIpc) is 3.37. The molecular weight excluding hydrogens is 483 g/mol. The van der Waals surface area contributed by atoms with Gasteiger partial charge in [-0.25, -0.2) is 14.2 Å². The van der Waals surface area contributed by atoms with Gasteiger partial charge in [-0.05, 0) is 49.9 Å². The zero-order valence-corrected chi connectivity index (χ0v) is 21.1. The highest BCUT2D eigenvalue weighted by Crippen LogP contribution is 2.44. The fourth-order valence-corrected chi connectivity index (χ4v) is 5.04. The predicted octanol–water partition coefficient (Wildman–Crippen LogP) is 5.26. The topological polar surface area (TPSA) is 96.8 Å². The molecule has 1 aliphatic heterocycles. The molecule has 1 aliphatic rings. The van der Waals surface area contributed by atoms with E-state index in [9.17, 15) is 23.9 Å². The minimum absolute atomic E-state index is 0.0776. The van der Waals surface area contributed by atoms with Crippen LogP contribution < -0.4 is 4.90 Å². The summed E-state index contributed by atoms with van der Waals surface area (Å²) in [5.41, 5.74) is 2.24. The maximum atomic E-state index is 14.3. The number of halogens is 1. The number of carbonyl (C=O) groups is 3. The van der Waals surface area contributed by atoms with Crippen molar-refractivity contribution in [1.82, 2.24) is 4.98 Å². The Bertz CT molecular complexity index is 1390. The Morgan fingerprint density at radius 2 is 1.83 bits per heavy atom. The molecule has 0 aliphatic carbocycles. The molecule has 0 unspecified atom stereocenters. The first kappa shape index (κ1) is 25.2. The molecule has 9 heteroatoms. The van der Waals surface area contributed by atoms with Gasteiger partial charge in [-0.3, -0.25) is 14.5 Å². The standard InChI is InChI=1S/C27H25FN2O5S/c1-5-16-8-11-17(12-9-16)21-20(22(31)18-10-7-14(3)19(28)13-18)23(32)25(33)30(21)27-29-15(4)24(36-27)26(34)35-6-2/h7-13,21,31H,5-6H2,1-4H3/t21-/m1/s1. The number of amides is 1. The summed E-state index contributed by atoms with van der Waals surface area (Å²) in [6.45, 7) is 7.05. The summed E-state index contributed by atoms with van der Waals surface area (Å²) in [6.07, 6.45) is 0.789. The largest absolute Gasteiger partial charge is 0.507 e. The first-order chi connectivity index (χ1) is 17.2. The van der Waals surface area contributed by atoms with Crippen LogP contribution in [0.2, 0.25) is 0 Å². The van der Waals surface area contributed by atoms with E-state index in [1.807, 2.05) is 19.1 Å². The third kappa shape index (κ3) is 4.42. The Morgan fingerprint density at radius 3 is 2.44 bits per heavy atom. The zero-order valence-electron chi connectivity index (χ0n) is 20.3. The lowest BCUT2D eigenvalue weighted by atomic mass is 9.94. The first-order valence-corrected chi connectivity index (χ1v) is 12.3. The quantitative estimate of drug-likeness (QED) is 0.211. The van der Waals surface area contributed by atoms with E-state index in [2.05, 4.69) is 4.98 Å². The number of Topliss-reactive ketones (excluding diaryl/α,β-unsaturated/α-hetero) is 1. The van der Waals surface area contributed by atoms with Gasteiger partial charge in [0.25, 0.3) is 5.78 Å². The van der Waals surface area contributed by atoms with Gasteiger partial charge in [0.1, 0.15) is 16.5 Å². The number of ether oxygens (including phenoxy) is 1. The van der Waals surface area contributed by atoms with Crippen LogP contribution in [-0.2, 0) is 20.7 Å². The van der Waals surface area contributed by atoms with E-state index in [1.165, 1.54) is 17.0 Å². The third-order valence-electron chi connectivity index (χ3n) is 6.05. The summed E-state index contributed by atoms with van der Waals surface area (Å²) >= 11 is 0.934. The number of hydrogen-bond acceptors (Lipinski definition) is 7. The summed E-state index contributed by atoms with van der Waals surface area (Å²) < 4.78 is 19.4. The normalized spacial score (nSPS) is 17.0. The average molecular weight is 509 g/mol. The lowest BCUT2D eigenvalue weighted by Gasteiger charge is -2.23. The van der Waals surface area contributed by atoms with E-state index in [1.54, 1.807) is 32.9 Å². The number of aromatic nitrogens is 1. The maximum absolute atomic E-state index is 14.3. The Morgan fingerprint density at radius 1 is 1.14 bits per heavy atom. The molecule has 186 valence electrons. The van der Waals surface area contributed by atoms with Crippen LogP contribution in [0.4, 0.5) is 9.52 Å². The van der Waals surface area contributed by atoms with Gasteiger partial charge in [-0.2, -0.15) is 0 Å². The number of aliphatic hydroxyl groups excluding tert-OH is 1. The fourth-order valence-electron chi connectivity index (χ4n) is 4.05. The Balaban J connectivity index is 1.91. The van der Waals surface area contributed by atoms with E-state index in [0.29, 0.717) is 16.8 Å². The van der Waals surface area contributed by atoms with Crippen molar-refractivity contribution < 1.29 is 28.6 Å². The minimum Gasteiger partial charge on any atom is -0.507 e. The van der Waals surface area contributed by atoms with Gasteiger partial charge >= 0.3 is 11.9 Å². The van der Waals surface area contributed by atoms with Crippen LogP contribution in [-0.4, -0.2) is 34.4 Å². The van der Waals surface area contributed by atoms with Gasteiger partial charge in [0.15, 0.2) is 5.13 Å². The number of aliphatic hydroxyl groups is 1. The number of anilines is 1. The summed E-state index contributed by atoms with van der Waals surface area (Å²) in [5.74, 6) is -3.44. The minimum atomic E-state index is -1.03. The van der Waals surface area contributed by atoms with Gasteiger partial charge in [-0.1, -0.05) is 54.7 Å². The Labute approximate surface area is 211 Å². The van der Waals surface area contributed by atoms with Gasteiger partial charge in [0, 0.05) is 5.56 Å². The van der Waals surface area contributed by atoms with Crippen molar-refractivity contribution in [3.05, 3.63) is 86.7 Å². The van der Waals surface area contributed by atoms with Gasteiger partial charge in [0.2, 0.25) is 0 Å². The van der Waals surface area contributed by atoms with Crippen molar-refractivity contribution in [2.24, 2.45) is 0 Å². The molecular formula is C27H25FN2O5S. The molecule has 4 rings (SSSR count). The second kappa shape index (κ2) is 10.0. The number of carbonyl (C=O) groups excluding carboxylic acids is 3. The molecule has 1 amide bonds. The lowest BCUT2D eigenvalue weighted by molar-refractivity contribution is -0.132. The molecule has 36 heavy (non-hydrogen) atoms. The molecule has 0 bridgehead atoms. The molecule has 2 aromatic carbocycles. The predicted molar refractivity (Wildman–Crippen MR) is 135 cm³/mol. The smallest absolute Gasteiger partial charge is 0.350 e. The highest BCUT2D eigenvalue weighted by atomic mass is 32.1. The number of thiazole rings is 1. The van der Waals surface area contributed by atoms with Crippen LogP contribution in [0.15, 0.2) is 48.0 Å². The summed E-state index contributed by atoms with van der Waals surface area (Å²) in [6, 6.07) is 10.4. The molecule has 0 radical (unpaired) electrons. The van der Waals surface area contributed by atoms with Crippen LogP contribution in [0.1, 0.15) is 57.5 Å². The van der Waals surface area contributed by atoms with Crippen molar-refractivity contribution in [3.8, 4) is 0 Å². The van der Waals surface area contributed by atoms with Crippen molar-refractivity contribution in [1.29, 1.82) is 0 Å². The Hall–Kier alpha value is -3.85. The van der Waals surface area contributed by atoms with Gasteiger partial charge in [-0.15, -0.1) is 0 Å². The van der Waals surface area contributed by atoms with E-state index < -0.39 is 35.3 Å². The number of ketones is 1. The van der Waals surface area contributed by atoms with E-state index in [0.717, 1.165) is 29.4 Å². The lowest BCUT2D eigenvalue weighted by Crippen LogP contribution is -2.29. The third-order valence-corrected chi connectivity index (χ3v) is 7.18. The van der Waals surface area contributed by atoms with E-state index in [4.69, 9.17) is 4.74 Å². The SMILES string of the molecule is CCOC(=O)c1sc(N2C(=O)C(=O)C(=C(O)c3ccc(C)c(F)c3)[C@H]2c2ccc(CC)cc2)nc1C. The van der Waals surface area contributed by atoms with Crippen LogP contribution >= 0.6 is 11.3 Å². The monoisotopic (exact) mass is 508 g/mol. The number of hydrogen-bond donors (Lipinski definition) is 1. The van der Waals surface area contributed by atoms with Crippen LogP contribution in [0.5, 0.6) is 0 Å². The molecule has 1 fully saturated rings. The first-order valence-electron chi connectivity index (χ1n) is 11.5. The van der Waals surface area contributed by atoms with Crippen LogP contribution in [0.25, 0.3) is 5.76 Å². The van der Waals surface area contributed by atoms with Gasteiger partial charge in [0.05, 0.1) is 23.9 Å². The fraction of sp³-hybridized carbons (Fsp3) is 0.259. The molecule has 3 aromatic rings. The molecule has 1 N–H and O–H groups in total. The van der Waals surface area contributed by atoms with Crippen molar-refractivity contribution in [3.63, 3.8) is 0 Å². The van der Waals surface area contributed by atoms with E-state index in [-0.39, 0.29) is 27.8 Å². The van der Waals surface area contributed by atoms with Crippen LogP contribution in [0.3, 0.4) is 0 Å². The summed E-state index contributed by atoms with van der Waals surface area (Å²) in [5, 5.41) is 11.3. The number of esters is 1. The number of benzene rings is 2. The van der Waals surface area contributed by atoms with Crippen LogP contribution in [0, 0.1) is 19.7 Å². The number of nitrogens with zero attached hydrogens (tertiary/aromatic N) is 2. The van der Waals surface area contributed by atoms with Crippen molar-refractivity contribution in [2.75, 3.05) is 11.5 Å². The maximum Gasteiger partial charge on any atom is 0.350 e. The van der Waals surface area contributed by atoms with E-state index >= 15 is 0 Å². The molecule has 1 aromatic heterocycles. The summed E-state index contributed by atoms with van der Waals surface area (Å²) in [7, 11) is 0. The summed E-state index contributed by atoms with van der Waals surface area (Å²) in [4.78, 5) is 44.7. The molecule has 7 nitrogen and oxygen atoms in total. The Kier molecular flexibility index (Phi) is 7.03. The molecule has 1 saturated heterocycles. The molecule has 0 spiro atoms. The number of rotatable bonds is 6. The molecule has 1 atom stereocenters. The highest BCUT2D eigenvalue weighted by Gasteiger charge is 2.48. The van der Waals surface area contributed by atoms with Crippen molar-refractivity contribution in [2.45, 2.75) is 40.2 Å². The van der Waals surface area contributed by atoms with Crippen molar-refractivity contribution >= 4 is 39.9 Å². The molecule has 2 heterocycles. The second-order valence-electron chi connectivity index (χ2n) is 8.36. The zero-order chi connectivity index (χ0) is 26.1. The second-order valence-corrected chi connectivity index (χ2v) is 9.34.